The first-order valence-corrected chi connectivity index (χ1v) is 6.09. The average Bonchev–Trinajstić information content (AvgIpc) is 2.37. The quantitative estimate of drug-likeness (QED) is 0.391. The van der Waals surface area contributed by atoms with E-state index in [-0.39, 0.29) is 0 Å². The third-order valence-corrected chi connectivity index (χ3v) is 3.42. The van der Waals surface area contributed by atoms with Crippen molar-refractivity contribution in [3.63, 3.8) is 0 Å². The second kappa shape index (κ2) is 3.89. The van der Waals surface area contributed by atoms with Crippen LogP contribution in [0.4, 0.5) is 0 Å². The first-order chi connectivity index (χ1) is 8.69. The van der Waals surface area contributed by atoms with E-state index in [2.05, 4.69) is 62.2 Å². The highest BCUT2D eigenvalue weighted by atomic mass is 14.1. The number of terminal acetylenes is 1. The number of rotatable bonds is 0. The Bertz CT molecular complexity index is 801. The van der Waals surface area contributed by atoms with Gasteiger partial charge in [-0.05, 0) is 41.5 Å². The second-order valence-corrected chi connectivity index (χ2v) is 4.84. The number of fused-ring (bicyclic) bond motifs is 3. The Morgan fingerprint density at radius 3 is 2.17 bits per heavy atom. The monoisotopic (exact) mass is 230 g/mol. The van der Waals surface area contributed by atoms with E-state index in [0.717, 1.165) is 5.56 Å². The van der Waals surface area contributed by atoms with E-state index >= 15 is 0 Å². The molecule has 0 atom stereocenters. The Balaban J connectivity index is 2.58. The summed E-state index contributed by atoms with van der Waals surface area (Å²) in [5.74, 6) is 2.81. The molecule has 0 radical (unpaired) electrons. The van der Waals surface area contributed by atoms with Crippen LogP contribution in [0.2, 0.25) is 0 Å². The molecule has 86 valence electrons. The minimum Gasteiger partial charge on any atom is -0.115 e. The Morgan fingerprint density at radius 1 is 0.778 bits per heavy atom. The fraction of sp³-hybridized carbons (Fsp3) is 0.111. The van der Waals surface area contributed by atoms with E-state index in [1.807, 2.05) is 0 Å². The molecule has 0 aliphatic rings. The maximum atomic E-state index is 5.65. The van der Waals surface area contributed by atoms with Gasteiger partial charge in [-0.25, -0.2) is 0 Å². The molecule has 3 aromatic rings. The summed E-state index contributed by atoms with van der Waals surface area (Å²) in [5.41, 5.74) is 3.48. The molecule has 0 amide bonds. The van der Waals surface area contributed by atoms with Crippen LogP contribution in [0.15, 0.2) is 42.5 Å². The van der Waals surface area contributed by atoms with E-state index in [1.54, 1.807) is 0 Å². The number of hydrogen-bond acceptors (Lipinski definition) is 0. The van der Waals surface area contributed by atoms with Crippen molar-refractivity contribution < 1.29 is 0 Å². The Morgan fingerprint density at radius 2 is 1.44 bits per heavy atom. The molecular weight excluding hydrogens is 216 g/mol. The Labute approximate surface area is 107 Å². The van der Waals surface area contributed by atoms with Crippen molar-refractivity contribution in [3.8, 4) is 12.3 Å². The average molecular weight is 230 g/mol. The lowest BCUT2D eigenvalue weighted by Gasteiger charge is -2.08. The third kappa shape index (κ3) is 1.57. The molecule has 0 fully saturated rings. The van der Waals surface area contributed by atoms with E-state index in [9.17, 15) is 0 Å². The van der Waals surface area contributed by atoms with Crippen LogP contribution in [0.25, 0.3) is 21.5 Å². The zero-order chi connectivity index (χ0) is 12.7. The maximum Gasteiger partial charge on any atom is 0.0327 e. The van der Waals surface area contributed by atoms with Crippen molar-refractivity contribution in [1.82, 2.24) is 0 Å². The fourth-order valence-electron chi connectivity index (χ4n) is 2.52. The fourth-order valence-corrected chi connectivity index (χ4v) is 2.52. The van der Waals surface area contributed by atoms with Crippen molar-refractivity contribution in [1.29, 1.82) is 0 Å². The van der Waals surface area contributed by atoms with Crippen LogP contribution >= 0.6 is 0 Å². The highest BCUT2D eigenvalue weighted by molar-refractivity contribution is 6.10. The van der Waals surface area contributed by atoms with Gasteiger partial charge in [-0.3, -0.25) is 0 Å². The van der Waals surface area contributed by atoms with Gasteiger partial charge in [-0.1, -0.05) is 53.4 Å². The third-order valence-electron chi connectivity index (χ3n) is 3.42. The van der Waals surface area contributed by atoms with Crippen molar-refractivity contribution in [3.05, 3.63) is 59.2 Å². The molecule has 0 saturated carbocycles. The zero-order valence-electron chi connectivity index (χ0n) is 10.6. The van der Waals surface area contributed by atoms with Crippen molar-refractivity contribution in [2.75, 3.05) is 0 Å². The highest BCUT2D eigenvalue weighted by Gasteiger charge is 2.05. The number of aryl methyl sites for hydroxylation is 2. The van der Waals surface area contributed by atoms with Gasteiger partial charge in [0.05, 0.1) is 0 Å². The molecule has 0 heteroatoms. The molecule has 18 heavy (non-hydrogen) atoms. The number of hydrogen-bond donors (Lipinski definition) is 0. The molecule has 0 unspecified atom stereocenters. The molecule has 0 saturated heterocycles. The van der Waals surface area contributed by atoms with Gasteiger partial charge >= 0.3 is 0 Å². The molecule has 0 heterocycles. The summed E-state index contributed by atoms with van der Waals surface area (Å²) < 4.78 is 0. The first-order valence-electron chi connectivity index (χ1n) is 6.09. The van der Waals surface area contributed by atoms with Crippen molar-refractivity contribution >= 4 is 21.5 Å². The predicted octanol–water partition coefficient (Wildman–Crippen LogP) is 4.59. The topological polar surface area (TPSA) is 0 Å². The SMILES string of the molecule is C#Cc1cc2cc(C)ccc2c2ccc(C)cc12. The molecule has 0 nitrogen and oxygen atoms in total. The zero-order valence-corrected chi connectivity index (χ0v) is 10.6. The molecule has 3 rings (SSSR count). The summed E-state index contributed by atoms with van der Waals surface area (Å²) in [5, 5.41) is 4.91. The van der Waals surface area contributed by atoms with Crippen LogP contribution in [0.1, 0.15) is 16.7 Å². The molecule has 0 aliphatic carbocycles. The summed E-state index contributed by atoms with van der Waals surface area (Å²) >= 11 is 0. The first kappa shape index (κ1) is 10.9. The smallest absolute Gasteiger partial charge is 0.0327 e. The van der Waals surface area contributed by atoms with E-state index in [4.69, 9.17) is 6.42 Å². The molecule has 0 bridgehead atoms. The van der Waals surface area contributed by atoms with Gasteiger partial charge in [0.15, 0.2) is 0 Å². The normalized spacial score (nSPS) is 10.7. The van der Waals surface area contributed by atoms with Gasteiger partial charge in [0.1, 0.15) is 0 Å². The lowest BCUT2D eigenvalue weighted by atomic mass is 9.95. The molecule has 0 aliphatic heterocycles. The molecule has 0 spiro atoms. The standard InChI is InChI=1S/C18H14/c1-4-14-11-15-9-12(2)5-7-16(15)17-8-6-13(3)10-18(14)17/h1,5-11H,2-3H3. The van der Waals surface area contributed by atoms with Crippen LogP contribution in [-0.2, 0) is 0 Å². The molecule has 0 N–H and O–H groups in total. The lowest BCUT2D eigenvalue weighted by Crippen LogP contribution is -1.85. The minimum absolute atomic E-state index is 0.979. The minimum atomic E-state index is 0.979. The van der Waals surface area contributed by atoms with Gasteiger partial charge in [0.25, 0.3) is 0 Å². The van der Waals surface area contributed by atoms with Gasteiger partial charge in [-0.2, -0.15) is 0 Å². The van der Waals surface area contributed by atoms with Gasteiger partial charge < -0.3 is 0 Å². The predicted molar refractivity (Wildman–Crippen MR) is 78.9 cm³/mol. The summed E-state index contributed by atoms with van der Waals surface area (Å²) in [6.07, 6.45) is 5.65. The molecule has 3 aromatic carbocycles. The largest absolute Gasteiger partial charge is 0.115 e. The summed E-state index contributed by atoms with van der Waals surface area (Å²) in [7, 11) is 0. The van der Waals surface area contributed by atoms with Gasteiger partial charge in [0, 0.05) is 5.56 Å². The molecular formula is C18H14. The summed E-state index contributed by atoms with van der Waals surface area (Å²) in [4.78, 5) is 0. The Kier molecular flexibility index (Phi) is 2.35. The molecule has 0 aromatic heterocycles. The van der Waals surface area contributed by atoms with Crippen molar-refractivity contribution in [2.45, 2.75) is 13.8 Å². The Hall–Kier alpha value is -2.26. The van der Waals surface area contributed by atoms with E-state index < -0.39 is 0 Å². The lowest BCUT2D eigenvalue weighted by molar-refractivity contribution is 1.49. The van der Waals surface area contributed by atoms with Crippen LogP contribution in [0.3, 0.4) is 0 Å². The van der Waals surface area contributed by atoms with Crippen LogP contribution < -0.4 is 0 Å². The maximum absolute atomic E-state index is 5.65. The van der Waals surface area contributed by atoms with E-state index in [0.29, 0.717) is 0 Å². The van der Waals surface area contributed by atoms with Gasteiger partial charge in [-0.15, -0.1) is 6.42 Å². The van der Waals surface area contributed by atoms with Crippen LogP contribution in [0, 0.1) is 26.2 Å². The highest BCUT2D eigenvalue weighted by Crippen LogP contribution is 2.29. The van der Waals surface area contributed by atoms with Crippen LogP contribution in [0.5, 0.6) is 0 Å². The number of benzene rings is 3. The summed E-state index contributed by atoms with van der Waals surface area (Å²) in [6, 6.07) is 15.1. The van der Waals surface area contributed by atoms with Gasteiger partial charge in [0.2, 0.25) is 0 Å². The van der Waals surface area contributed by atoms with Crippen LogP contribution in [-0.4, -0.2) is 0 Å². The summed E-state index contributed by atoms with van der Waals surface area (Å²) in [6.45, 7) is 4.20. The van der Waals surface area contributed by atoms with E-state index in [1.165, 1.54) is 32.7 Å². The van der Waals surface area contributed by atoms with Crippen molar-refractivity contribution in [2.24, 2.45) is 0 Å². The second-order valence-electron chi connectivity index (χ2n) is 4.84.